The Labute approximate surface area is 172 Å². The van der Waals surface area contributed by atoms with E-state index in [0.717, 1.165) is 24.4 Å². The lowest BCUT2D eigenvalue weighted by Crippen LogP contribution is -2.43. The summed E-state index contributed by atoms with van der Waals surface area (Å²) >= 11 is 1.35. The van der Waals surface area contributed by atoms with Gasteiger partial charge in [0.15, 0.2) is 10.8 Å². The van der Waals surface area contributed by atoms with Crippen molar-refractivity contribution in [3.05, 3.63) is 47.2 Å². The maximum Gasteiger partial charge on any atom is 0.270 e. The van der Waals surface area contributed by atoms with Gasteiger partial charge in [0.2, 0.25) is 0 Å². The number of H-pyrrole nitrogens is 1. The number of carbonyl (C=O) groups excluding carboxylic acids is 1. The summed E-state index contributed by atoms with van der Waals surface area (Å²) in [4.78, 5) is 23.4. The van der Waals surface area contributed by atoms with Crippen molar-refractivity contribution in [2.45, 2.75) is 6.04 Å². The molecule has 1 aromatic carbocycles. The van der Waals surface area contributed by atoms with E-state index >= 15 is 0 Å². The number of carbonyl (C=O) groups is 1. The molecule has 4 rings (SSSR count). The van der Waals surface area contributed by atoms with Gasteiger partial charge in [-0.25, -0.2) is 9.97 Å². The summed E-state index contributed by atoms with van der Waals surface area (Å²) in [6, 6.07) is 8.00. The van der Waals surface area contributed by atoms with E-state index in [1.54, 1.807) is 12.5 Å². The zero-order valence-electron chi connectivity index (χ0n) is 16.0. The predicted octanol–water partition coefficient (Wildman–Crippen LogP) is 1.74. The van der Waals surface area contributed by atoms with Gasteiger partial charge in [-0.2, -0.15) is 5.10 Å². The Morgan fingerprint density at radius 3 is 2.83 bits per heavy atom. The molecule has 29 heavy (non-hydrogen) atoms. The second kappa shape index (κ2) is 9.12. The van der Waals surface area contributed by atoms with Gasteiger partial charge in [0, 0.05) is 25.0 Å². The van der Waals surface area contributed by atoms with Gasteiger partial charge in [-0.15, -0.1) is 11.3 Å². The van der Waals surface area contributed by atoms with Crippen molar-refractivity contribution in [3.63, 3.8) is 0 Å². The summed E-state index contributed by atoms with van der Waals surface area (Å²) < 4.78 is 10.7. The smallest absolute Gasteiger partial charge is 0.270 e. The number of nitrogens with zero attached hydrogens (tertiary/aromatic N) is 4. The highest BCUT2D eigenvalue weighted by molar-refractivity contribution is 7.13. The molecule has 0 saturated carbocycles. The fourth-order valence-corrected chi connectivity index (χ4v) is 3.99. The maximum atomic E-state index is 12.7. The maximum absolute atomic E-state index is 12.7. The molecule has 0 bridgehead atoms. The molecule has 1 aliphatic heterocycles. The lowest BCUT2D eigenvalue weighted by molar-refractivity contribution is 0.0162. The van der Waals surface area contributed by atoms with Crippen LogP contribution < -0.4 is 10.1 Å². The molecule has 2 aromatic heterocycles. The molecule has 152 valence electrons. The van der Waals surface area contributed by atoms with Crippen molar-refractivity contribution in [1.29, 1.82) is 0 Å². The number of benzene rings is 1. The van der Waals surface area contributed by atoms with Crippen molar-refractivity contribution >= 4 is 17.2 Å². The van der Waals surface area contributed by atoms with Crippen LogP contribution in [0.2, 0.25) is 0 Å². The average molecular weight is 414 g/mol. The van der Waals surface area contributed by atoms with E-state index in [9.17, 15) is 4.79 Å². The number of amides is 1. The number of hydrogen-bond donors (Lipinski definition) is 2. The van der Waals surface area contributed by atoms with E-state index in [1.807, 2.05) is 24.3 Å². The molecule has 1 aliphatic rings. The van der Waals surface area contributed by atoms with Crippen LogP contribution in [0.5, 0.6) is 5.75 Å². The lowest BCUT2D eigenvalue weighted by atomic mass is 10.0. The molecule has 9 nitrogen and oxygen atoms in total. The first kappa shape index (κ1) is 19.5. The fourth-order valence-electron chi connectivity index (χ4n) is 3.25. The predicted molar refractivity (Wildman–Crippen MR) is 108 cm³/mol. The third kappa shape index (κ3) is 4.61. The number of morpholine rings is 1. The SMILES string of the molecule is COc1ccc([C@H](CNC(=O)c2csc(-c3ncn[nH]3)n2)N2CCOCC2)cc1. The third-order valence-corrected chi connectivity index (χ3v) is 5.65. The molecule has 1 amide bonds. The Morgan fingerprint density at radius 1 is 1.34 bits per heavy atom. The topological polar surface area (TPSA) is 105 Å². The summed E-state index contributed by atoms with van der Waals surface area (Å²) in [6.45, 7) is 3.48. The van der Waals surface area contributed by atoms with Gasteiger partial charge in [0.25, 0.3) is 5.91 Å². The lowest BCUT2D eigenvalue weighted by Gasteiger charge is -2.35. The molecule has 0 aliphatic carbocycles. The van der Waals surface area contributed by atoms with Crippen LogP contribution in [0.1, 0.15) is 22.1 Å². The van der Waals surface area contributed by atoms with Crippen molar-refractivity contribution in [2.75, 3.05) is 40.0 Å². The number of nitrogens with one attached hydrogen (secondary N) is 2. The molecule has 3 heterocycles. The Morgan fingerprint density at radius 2 is 2.14 bits per heavy atom. The third-order valence-electron chi connectivity index (χ3n) is 4.80. The van der Waals surface area contributed by atoms with E-state index in [0.29, 0.717) is 36.3 Å². The number of aromatic amines is 1. The molecule has 3 aromatic rings. The second-order valence-corrected chi connectivity index (χ2v) is 7.38. The molecular weight excluding hydrogens is 392 g/mol. The Bertz CT molecular complexity index is 922. The minimum Gasteiger partial charge on any atom is -0.497 e. The Balaban J connectivity index is 1.46. The van der Waals surface area contributed by atoms with Crippen LogP contribution in [0.15, 0.2) is 36.0 Å². The van der Waals surface area contributed by atoms with Crippen molar-refractivity contribution in [3.8, 4) is 16.6 Å². The normalized spacial score (nSPS) is 15.8. The van der Waals surface area contributed by atoms with Crippen LogP contribution in [0, 0.1) is 0 Å². The van der Waals surface area contributed by atoms with Gasteiger partial charge in [-0.05, 0) is 17.7 Å². The van der Waals surface area contributed by atoms with Gasteiger partial charge in [-0.1, -0.05) is 12.1 Å². The largest absolute Gasteiger partial charge is 0.497 e. The van der Waals surface area contributed by atoms with Crippen molar-refractivity contribution in [1.82, 2.24) is 30.4 Å². The van der Waals surface area contributed by atoms with Gasteiger partial charge < -0.3 is 14.8 Å². The van der Waals surface area contributed by atoms with Crippen LogP contribution in [-0.4, -0.2) is 70.9 Å². The summed E-state index contributed by atoms with van der Waals surface area (Å²) in [5.41, 5.74) is 1.49. The number of ether oxygens (including phenoxy) is 2. The zero-order valence-corrected chi connectivity index (χ0v) is 16.8. The highest BCUT2D eigenvalue weighted by Gasteiger charge is 2.24. The molecule has 1 saturated heterocycles. The van der Waals surface area contributed by atoms with E-state index in [2.05, 4.69) is 30.4 Å². The Hall–Kier alpha value is -2.82. The van der Waals surface area contributed by atoms with Crippen molar-refractivity contribution < 1.29 is 14.3 Å². The number of aromatic nitrogens is 4. The molecule has 0 radical (unpaired) electrons. The fraction of sp³-hybridized carbons (Fsp3) is 0.368. The van der Waals surface area contributed by atoms with E-state index in [1.165, 1.54) is 17.7 Å². The van der Waals surface area contributed by atoms with Gasteiger partial charge in [0.05, 0.1) is 26.4 Å². The van der Waals surface area contributed by atoms with Crippen molar-refractivity contribution in [2.24, 2.45) is 0 Å². The van der Waals surface area contributed by atoms with E-state index < -0.39 is 0 Å². The highest BCUT2D eigenvalue weighted by atomic mass is 32.1. The molecule has 1 atom stereocenters. The first-order valence-corrected chi connectivity index (χ1v) is 10.2. The quantitative estimate of drug-likeness (QED) is 0.607. The summed E-state index contributed by atoms with van der Waals surface area (Å²) in [7, 11) is 1.65. The van der Waals surface area contributed by atoms with Crippen LogP contribution >= 0.6 is 11.3 Å². The highest BCUT2D eigenvalue weighted by Crippen LogP contribution is 2.24. The second-order valence-electron chi connectivity index (χ2n) is 6.52. The molecule has 10 heteroatoms. The summed E-state index contributed by atoms with van der Waals surface area (Å²) in [6.07, 6.45) is 1.41. The monoisotopic (exact) mass is 414 g/mol. The van der Waals surface area contributed by atoms with Gasteiger partial charge >= 0.3 is 0 Å². The first-order chi connectivity index (χ1) is 14.2. The zero-order chi connectivity index (χ0) is 20.1. The summed E-state index contributed by atoms with van der Waals surface area (Å²) in [5, 5.41) is 12.0. The summed E-state index contributed by atoms with van der Waals surface area (Å²) in [5.74, 6) is 1.15. The Kier molecular flexibility index (Phi) is 6.13. The van der Waals surface area contributed by atoms with E-state index in [4.69, 9.17) is 9.47 Å². The number of thiazole rings is 1. The van der Waals surface area contributed by atoms with Crippen LogP contribution in [-0.2, 0) is 4.74 Å². The first-order valence-electron chi connectivity index (χ1n) is 9.30. The number of rotatable bonds is 7. The van der Waals surface area contributed by atoms with Gasteiger partial charge in [0.1, 0.15) is 17.8 Å². The minimum atomic E-state index is -0.209. The standard InChI is InChI=1S/C19H22N6O3S/c1-27-14-4-2-13(3-5-14)16(25-6-8-28-9-7-25)10-20-18(26)15-11-29-19(23-15)17-21-12-22-24-17/h2-5,11-12,16H,6-10H2,1H3,(H,20,26)(H,21,22,24)/t16-/m0/s1. The van der Waals surface area contributed by atoms with E-state index in [-0.39, 0.29) is 11.9 Å². The molecular formula is C19H22N6O3S. The van der Waals surface area contributed by atoms with Crippen LogP contribution in [0.4, 0.5) is 0 Å². The molecule has 1 fully saturated rings. The minimum absolute atomic E-state index is 0.0427. The molecule has 0 unspecified atom stereocenters. The molecule has 0 spiro atoms. The molecule has 2 N–H and O–H groups in total. The number of hydrogen-bond acceptors (Lipinski definition) is 8. The van der Waals surface area contributed by atoms with Crippen LogP contribution in [0.25, 0.3) is 10.8 Å². The van der Waals surface area contributed by atoms with Gasteiger partial charge in [-0.3, -0.25) is 14.8 Å². The average Bonchev–Trinajstić information content (AvgIpc) is 3.47. The van der Waals surface area contributed by atoms with Crippen LogP contribution in [0.3, 0.4) is 0 Å². The number of methoxy groups -OCH3 is 1.